The zero-order valence-corrected chi connectivity index (χ0v) is 12.9. The van der Waals surface area contributed by atoms with Crippen molar-refractivity contribution < 1.29 is 0 Å². The van der Waals surface area contributed by atoms with E-state index in [-0.39, 0.29) is 0 Å². The molecule has 0 saturated carbocycles. The fourth-order valence-corrected chi connectivity index (χ4v) is 3.81. The molecule has 0 N–H and O–H groups in total. The Kier molecular flexibility index (Phi) is 4.38. The minimum atomic E-state index is 0.792. The van der Waals surface area contributed by atoms with Gasteiger partial charge in [-0.15, -0.1) is 11.3 Å². The summed E-state index contributed by atoms with van der Waals surface area (Å²) < 4.78 is 0. The number of nitrogens with zero attached hydrogens (tertiary/aromatic N) is 2. The van der Waals surface area contributed by atoms with E-state index in [1.165, 1.54) is 36.6 Å². The maximum Gasteiger partial charge on any atom is 0.0366 e. The lowest BCUT2D eigenvalue weighted by atomic mass is 10.1. The van der Waals surface area contributed by atoms with E-state index in [0.29, 0.717) is 0 Å². The third kappa shape index (κ3) is 3.41. The molecule has 1 fully saturated rings. The zero-order valence-electron chi connectivity index (χ0n) is 12.0. The van der Waals surface area contributed by atoms with Crippen molar-refractivity contribution in [3.05, 3.63) is 52.7 Å². The average Bonchev–Trinajstić information content (AvgIpc) is 3.11. The lowest BCUT2D eigenvalue weighted by Crippen LogP contribution is -2.27. The summed E-state index contributed by atoms with van der Waals surface area (Å²) in [5.74, 6) is 0.792. The third-order valence-electron chi connectivity index (χ3n) is 3.98. The fraction of sp³-hybridized carbons (Fsp3) is 0.412. The van der Waals surface area contributed by atoms with Crippen LogP contribution in [0.25, 0.3) is 0 Å². The van der Waals surface area contributed by atoms with Gasteiger partial charge in [0.15, 0.2) is 0 Å². The van der Waals surface area contributed by atoms with Crippen molar-refractivity contribution >= 4 is 17.0 Å². The highest BCUT2D eigenvalue weighted by atomic mass is 32.1. The van der Waals surface area contributed by atoms with Gasteiger partial charge >= 0.3 is 0 Å². The highest BCUT2D eigenvalue weighted by Crippen LogP contribution is 2.24. The smallest absolute Gasteiger partial charge is 0.0366 e. The van der Waals surface area contributed by atoms with E-state index < -0.39 is 0 Å². The largest absolute Gasteiger partial charge is 0.371 e. The standard InChI is InChI=1S/C17H22N2S/c1-18(14-17-8-5-11-20-17)12-15-9-10-19(13-15)16-6-3-2-4-7-16/h2-8,11,15H,9-10,12-14H2,1H3/t15-/m1/s1. The van der Waals surface area contributed by atoms with Gasteiger partial charge in [-0.05, 0) is 43.0 Å². The Labute approximate surface area is 125 Å². The first-order valence-corrected chi connectivity index (χ1v) is 8.20. The van der Waals surface area contributed by atoms with Gasteiger partial charge in [-0.2, -0.15) is 0 Å². The Morgan fingerprint density at radius 3 is 2.80 bits per heavy atom. The normalized spacial score (nSPS) is 18.9. The molecule has 3 heteroatoms. The van der Waals surface area contributed by atoms with Crippen molar-refractivity contribution in [2.75, 3.05) is 31.6 Å². The molecular weight excluding hydrogens is 264 g/mol. The number of hydrogen-bond acceptors (Lipinski definition) is 3. The number of rotatable bonds is 5. The Morgan fingerprint density at radius 2 is 2.05 bits per heavy atom. The predicted molar refractivity (Wildman–Crippen MR) is 87.4 cm³/mol. The maximum atomic E-state index is 2.52. The second kappa shape index (κ2) is 6.42. The molecule has 2 aromatic rings. The number of anilines is 1. The van der Waals surface area contributed by atoms with Gasteiger partial charge in [0, 0.05) is 36.7 Å². The third-order valence-corrected chi connectivity index (χ3v) is 4.84. The number of thiophene rings is 1. The lowest BCUT2D eigenvalue weighted by molar-refractivity contribution is 0.281. The lowest BCUT2D eigenvalue weighted by Gasteiger charge is -2.22. The fourth-order valence-electron chi connectivity index (χ4n) is 3.03. The van der Waals surface area contributed by atoms with Gasteiger partial charge in [0.05, 0.1) is 0 Å². The molecule has 0 unspecified atom stereocenters. The predicted octanol–water partition coefficient (Wildman–Crippen LogP) is 3.71. The summed E-state index contributed by atoms with van der Waals surface area (Å²) in [5, 5.41) is 2.16. The summed E-state index contributed by atoms with van der Waals surface area (Å²) in [6.45, 7) is 4.67. The number of para-hydroxylation sites is 1. The zero-order chi connectivity index (χ0) is 13.8. The number of benzene rings is 1. The van der Waals surface area contributed by atoms with E-state index in [1.54, 1.807) is 0 Å². The highest BCUT2D eigenvalue weighted by Gasteiger charge is 2.23. The van der Waals surface area contributed by atoms with Crippen molar-refractivity contribution in [1.29, 1.82) is 0 Å². The molecule has 0 amide bonds. The molecule has 3 rings (SSSR count). The van der Waals surface area contributed by atoms with Crippen LogP contribution in [-0.4, -0.2) is 31.6 Å². The summed E-state index contributed by atoms with van der Waals surface area (Å²) in [6.07, 6.45) is 1.31. The van der Waals surface area contributed by atoms with Crippen LogP contribution in [0.2, 0.25) is 0 Å². The molecule has 2 nitrogen and oxygen atoms in total. The van der Waals surface area contributed by atoms with Crippen LogP contribution < -0.4 is 4.90 Å². The molecule has 2 heterocycles. The molecule has 0 bridgehead atoms. The van der Waals surface area contributed by atoms with E-state index >= 15 is 0 Å². The summed E-state index contributed by atoms with van der Waals surface area (Å²) in [5.41, 5.74) is 1.37. The monoisotopic (exact) mass is 286 g/mol. The van der Waals surface area contributed by atoms with Gasteiger partial charge < -0.3 is 9.80 Å². The van der Waals surface area contributed by atoms with Crippen molar-refractivity contribution in [2.45, 2.75) is 13.0 Å². The van der Waals surface area contributed by atoms with E-state index in [0.717, 1.165) is 12.5 Å². The molecule has 106 valence electrons. The van der Waals surface area contributed by atoms with Crippen molar-refractivity contribution in [3.63, 3.8) is 0 Å². The Hall–Kier alpha value is -1.32. The van der Waals surface area contributed by atoms with Crippen LogP contribution in [0.1, 0.15) is 11.3 Å². The van der Waals surface area contributed by atoms with Gasteiger partial charge in [-0.3, -0.25) is 0 Å². The Morgan fingerprint density at radius 1 is 1.20 bits per heavy atom. The summed E-state index contributed by atoms with van der Waals surface area (Å²) in [7, 11) is 2.24. The van der Waals surface area contributed by atoms with E-state index in [4.69, 9.17) is 0 Å². The summed E-state index contributed by atoms with van der Waals surface area (Å²) in [6, 6.07) is 15.2. The summed E-state index contributed by atoms with van der Waals surface area (Å²) >= 11 is 1.85. The summed E-state index contributed by atoms with van der Waals surface area (Å²) in [4.78, 5) is 6.44. The average molecular weight is 286 g/mol. The van der Waals surface area contributed by atoms with Crippen LogP contribution in [0.5, 0.6) is 0 Å². The van der Waals surface area contributed by atoms with Crippen LogP contribution in [0.15, 0.2) is 47.8 Å². The first kappa shape index (κ1) is 13.7. The molecule has 0 aliphatic carbocycles. The first-order chi connectivity index (χ1) is 9.81. The van der Waals surface area contributed by atoms with Crippen molar-refractivity contribution in [2.24, 2.45) is 5.92 Å². The van der Waals surface area contributed by atoms with E-state index in [1.807, 2.05) is 11.3 Å². The minimum absolute atomic E-state index is 0.792. The van der Waals surface area contributed by atoms with Crippen LogP contribution >= 0.6 is 11.3 Å². The van der Waals surface area contributed by atoms with Gasteiger partial charge in [0.2, 0.25) is 0 Å². The van der Waals surface area contributed by atoms with Gasteiger partial charge in [-0.25, -0.2) is 0 Å². The molecule has 0 spiro atoms. The van der Waals surface area contributed by atoms with Gasteiger partial charge in [-0.1, -0.05) is 24.3 Å². The Balaban J connectivity index is 1.50. The molecule has 1 aliphatic rings. The molecular formula is C17H22N2S. The first-order valence-electron chi connectivity index (χ1n) is 7.32. The highest BCUT2D eigenvalue weighted by molar-refractivity contribution is 7.09. The molecule has 1 aliphatic heterocycles. The van der Waals surface area contributed by atoms with E-state index in [2.05, 4.69) is 64.7 Å². The van der Waals surface area contributed by atoms with E-state index in [9.17, 15) is 0 Å². The molecule has 0 radical (unpaired) electrons. The van der Waals surface area contributed by atoms with Gasteiger partial charge in [0.25, 0.3) is 0 Å². The van der Waals surface area contributed by atoms with Crippen LogP contribution in [-0.2, 0) is 6.54 Å². The Bertz CT molecular complexity index is 509. The molecule has 1 aromatic carbocycles. The van der Waals surface area contributed by atoms with Crippen LogP contribution in [0.4, 0.5) is 5.69 Å². The molecule has 20 heavy (non-hydrogen) atoms. The second-order valence-electron chi connectivity index (χ2n) is 5.71. The SMILES string of the molecule is CN(Cc1cccs1)C[C@H]1CCN(c2ccccc2)C1. The molecule has 1 saturated heterocycles. The van der Waals surface area contributed by atoms with Crippen LogP contribution in [0, 0.1) is 5.92 Å². The maximum absolute atomic E-state index is 2.52. The van der Waals surface area contributed by atoms with Gasteiger partial charge in [0.1, 0.15) is 0 Å². The quantitative estimate of drug-likeness (QED) is 0.827. The minimum Gasteiger partial charge on any atom is -0.371 e. The molecule has 1 aromatic heterocycles. The van der Waals surface area contributed by atoms with Crippen molar-refractivity contribution in [3.8, 4) is 0 Å². The second-order valence-corrected chi connectivity index (χ2v) is 6.74. The topological polar surface area (TPSA) is 6.48 Å². The molecule has 1 atom stereocenters. The number of hydrogen-bond donors (Lipinski definition) is 0. The van der Waals surface area contributed by atoms with Crippen molar-refractivity contribution in [1.82, 2.24) is 4.90 Å². The van der Waals surface area contributed by atoms with Crippen LogP contribution in [0.3, 0.4) is 0 Å².